The van der Waals surface area contributed by atoms with E-state index in [1.807, 2.05) is 13.8 Å². The van der Waals surface area contributed by atoms with Crippen LogP contribution in [-0.2, 0) is 6.42 Å². The Bertz CT molecular complexity index is 347. The molecule has 1 aromatic carbocycles. The Labute approximate surface area is 96.6 Å². The van der Waals surface area contributed by atoms with E-state index < -0.39 is 5.54 Å². The van der Waals surface area contributed by atoms with Gasteiger partial charge in [0.05, 0.1) is 5.02 Å². The van der Waals surface area contributed by atoms with Crippen LogP contribution in [0.2, 0.25) is 5.02 Å². The molecule has 0 aromatic heterocycles. The van der Waals surface area contributed by atoms with Gasteiger partial charge in [-0.15, -0.1) is 0 Å². The molecule has 0 unspecified atom stereocenters. The minimum atomic E-state index is -0.450. The van der Waals surface area contributed by atoms with Gasteiger partial charge >= 0.3 is 0 Å². The fraction of sp³-hybridized carbons (Fsp3) is 0.400. The van der Waals surface area contributed by atoms with Crippen LogP contribution in [-0.4, -0.2) is 5.54 Å². The van der Waals surface area contributed by atoms with Crippen molar-refractivity contribution in [2.75, 3.05) is 0 Å². The Morgan fingerprint density at radius 1 is 1.50 bits per heavy atom. The van der Waals surface area contributed by atoms with E-state index in [2.05, 4.69) is 15.9 Å². The fourth-order valence-electron chi connectivity index (χ4n) is 1.19. The number of hydrogen-bond donors (Lipinski definition) is 1. The van der Waals surface area contributed by atoms with E-state index in [0.717, 1.165) is 0 Å². The molecule has 0 radical (unpaired) electrons. The van der Waals surface area contributed by atoms with Crippen molar-refractivity contribution < 1.29 is 4.39 Å². The molecule has 0 aliphatic rings. The summed E-state index contributed by atoms with van der Waals surface area (Å²) in [4.78, 5) is 0. The molecule has 14 heavy (non-hydrogen) atoms. The molecule has 0 heterocycles. The summed E-state index contributed by atoms with van der Waals surface area (Å²) < 4.78 is 14.0. The first-order valence-corrected chi connectivity index (χ1v) is 5.39. The highest BCUT2D eigenvalue weighted by Gasteiger charge is 2.18. The van der Waals surface area contributed by atoms with Crippen molar-refractivity contribution in [3.05, 3.63) is 33.0 Å². The molecule has 78 valence electrons. The molecular formula is C10H12BrClFN. The number of hydrogen-bond acceptors (Lipinski definition) is 1. The van der Waals surface area contributed by atoms with Crippen LogP contribution in [0.5, 0.6) is 0 Å². The van der Waals surface area contributed by atoms with Gasteiger partial charge in [0.15, 0.2) is 0 Å². The summed E-state index contributed by atoms with van der Waals surface area (Å²) in [5.74, 6) is -0.278. The first kappa shape index (κ1) is 12.0. The Balaban J connectivity index is 3.13. The van der Waals surface area contributed by atoms with Crippen LogP contribution in [0.15, 0.2) is 16.6 Å². The van der Waals surface area contributed by atoms with Crippen molar-refractivity contribution in [1.82, 2.24) is 0 Å². The average Bonchev–Trinajstić information content (AvgIpc) is 2.04. The normalized spacial score (nSPS) is 11.9. The monoisotopic (exact) mass is 279 g/mol. The summed E-state index contributed by atoms with van der Waals surface area (Å²) >= 11 is 9.12. The zero-order valence-corrected chi connectivity index (χ0v) is 10.4. The van der Waals surface area contributed by atoms with E-state index in [0.29, 0.717) is 21.5 Å². The second kappa shape index (κ2) is 4.17. The van der Waals surface area contributed by atoms with Crippen LogP contribution in [0.4, 0.5) is 4.39 Å². The molecule has 0 amide bonds. The molecule has 1 rings (SSSR count). The van der Waals surface area contributed by atoms with E-state index >= 15 is 0 Å². The van der Waals surface area contributed by atoms with E-state index in [1.165, 1.54) is 12.1 Å². The van der Waals surface area contributed by atoms with Crippen LogP contribution in [0.3, 0.4) is 0 Å². The second-order valence-corrected chi connectivity index (χ2v) is 5.19. The SMILES string of the molecule is CC(C)(N)Cc1c(F)ccc(Cl)c1Br. The number of rotatable bonds is 2. The number of benzene rings is 1. The van der Waals surface area contributed by atoms with Crippen LogP contribution < -0.4 is 5.73 Å². The van der Waals surface area contributed by atoms with Crippen LogP contribution in [0.1, 0.15) is 19.4 Å². The molecule has 0 saturated carbocycles. The Kier molecular flexibility index (Phi) is 3.56. The van der Waals surface area contributed by atoms with Crippen molar-refractivity contribution >= 4 is 27.5 Å². The van der Waals surface area contributed by atoms with Crippen molar-refractivity contribution in [3.8, 4) is 0 Å². The predicted molar refractivity (Wildman–Crippen MR) is 61.1 cm³/mol. The molecule has 0 fully saturated rings. The molecule has 0 spiro atoms. The maximum Gasteiger partial charge on any atom is 0.127 e. The van der Waals surface area contributed by atoms with Crippen LogP contribution in [0, 0.1) is 5.82 Å². The maximum atomic E-state index is 13.4. The summed E-state index contributed by atoms with van der Waals surface area (Å²) in [6.45, 7) is 3.69. The molecule has 0 bridgehead atoms. The third-order valence-corrected chi connectivity index (χ3v) is 3.22. The fourth-order valence-corrected chi connectivity index (χ4v) is 1.83. The highest BCUT2D eigenvalue weighted by atomic mass is 79.9. The quantitative estimate of drug-likeness (QED) is 0.824. The van der Waals surface area contributed by atoms with Gasteiger partial charge in [-0.1, -0.05) is 11.6 Å². The molecule has 1 nitrogen and oxygen atoms in total. The Hall–Kier alpha value is -0.120. The standard InChI is InChI=1S/C10H12BrClFN/c1-10(2,14)5-6-8(13)4-3-7(12)9(6)11/h3-4H,5,14H2,1-2H3. The first-order valence-electron chi connectivity index (χ1n) is 4.22. The summed E-state index contributed by atoms with van der Waals surface area (Å²) in [6, 6.07) is 2.88. The van der Waals surface area contributed by atoms with E-state index in [4.69, 9.17) is 17.3 Å². The van der Waals surface area contributed by atoms with E-state index in [1.54, 1.807) is 0 Å². The average molecular weight is 281 g/mol. The van der Waals surface area contributed by atoms with E-state index in [-0.39, 0.29) is 5.82 Å². The smallest absolute Gasteiger partial charge is 0.127 e. The van der Waals surface area contributed by atoms with Gasteiger partial charge in [0.25, 0.3) is 0 Å². The topological polar surface area (TPSA) is 26.0 Å². The minimum absolute atomic E-state index is 0.278. The van der Waals surface area contributed by atoms with Crippen molar-refractivity contribution in [1.29, 1.82) is 0 Å². The summed E-state index contributed by atoms with van der Waals surface area (Å²) in [6.07, 6.45) is 0.444. The number of nitrogens with two attached hydrogens (primary N) is 1. The van der Waals surface area contributed by atoms with Gasteiger partial charge in [0.2, 0.25) is 0 Å². The predicted octanol–water partition coefficient (Wildman–Crippen LogP) is 3.52. The van der Waals surface area contributed by atoms with Crippen molar-refractivity contribution in [3.63, 3.8) is 0 Å². The molecular weight excluding hydrogens is 268 g/mol. The van der Waals surface area contributed by atoms with Gasteiger partial charge in [-0.3, -0.25) is 0 Å². The molecule has 0 atom stereocenters. The van der Waals surface area contributed by atoms with Crippen molar-refractivity contribution in [2.45, 2.75) is 25.8 Å². The molecule has 0 aliphatic carbocycles. The lowest BCUT2D eigenvalue weighted by molar-refractivity contribution is 0.496. The van der Waals surface area contributed by atoms with Crippen molar-refractivity contribution in [2.24, 2.45) is 5.73 Å². The molecule has 2 N–H and O–H groups in total. The summed E-state index contributed by atoms with van der Waals surface area (Å²) in [5.41, 5.74) is 5.91. The highest BCUT2D eigenvalue weighted by molar-refractivity contribution is 9.10. The Morgan fingerprint density at radius 2 is 2.07 bits per heavy atom. The zero-order valence-electron chi connectivity index (χ0n) is 8.07. The number of halogens is 3. The Morgan fingerprint density at radius 3 is 2.57 bits per heavy atom. The molecule has 1 aromatic rings. The van der Waals surface area contributed by atoms with Gasteiger partial charge in [-0.2, -0.15) is 0 Å². The second-order valence-electron chi connectivity index (χ2n) is 3.99. The third-order valence-electron chi connectivity index (χ3n) is 1.77. The molecule has 4 heteroatoms. The van der Waals surface area contributed by atoms with Gasteiger partial charge in [0.1, 0.15) is 5.82 Å². The van der Waals surface area contributed by atoms with Gasteiger partial charge < -0.3 is 5.73 Å². The lowest BCUT2D eigenvalue weighted by atomic mass is 9.96. The van der Waals surface area contributed by atoms with Gasteiger partial charge in [0, 0.05) is 15.6 Å². The lowest BCUT2D eigenvalue weighted by Gasteiger charge is -2.20. The van der Waals surface area contributed by atoms with Gasteiger partial charge in [-0.05, 0) is 48.3 Å². The van der Waals surface area contributed by atoms with Crippen LogP contribution in [0.25, 0.3) is 0 Å². The largest absolute Gasteiger partial charge is 0.325 e. The lowest BCUT2D eigenvalue weighted by Crippen LogP contribution is -2.34. The zero-order chi connectivity index (χ0) is 10.9. The molecule has 0 aliphatic heterocycles. The highest BCUT2D eigenvalue weighted by Crippen LogP contribution is 2.30. The summed E-state index contributed by atoms with van der Waals surface area (Å²) in [7, 11) is 0. The third kappa shape index (κ3) is 2.94. The first-order chi connectivity index (χ1) is 6.31. The van der Waals surface area contributed by atoms with Gasteiger partial charge in [-0.25, -0.2) is 4.39 Å². The molecule has 0 saturated heterocycles. The van der Waals surface area contributed by atoms with E-state index in [9.17, 15) is 4.39 Å². The summed E-state index contributed by atoms with van der Waals surface area (Å²) in [5, 5.41) is 0.505. The van der Waals surface area contributed by atoms with Crippen LogP contribution >= 0.6 is 27.5 Å². The minimum Gasteiger partial charge on any atom is -0.325 e. The maximum absolute atomic E-state index is 13.4.